The molecule has 0 unspecified atom stereocenters. The molecule has 1 N–H and O–H groups in total. The van der Waals surface area contributed by atoms with Gasteiger partial charge in [0.05, 0.1) is 0 Å². The second-order valence-electron chi connectivity index (χ2n) is 5.29. The molecule has 0 spiro atoms. The molecular weight excluding hydrogens is 294 g/mol. The Hall–Kier alpha value is -0.279. The van der Waals surface area contributed by atoms with Crippen molar-refractivity contribution >= 4 is 21.7 Å². The molecule has 0 heterocycles. The molecule has 0 amide bonds. The van der Waals surface area contributed by atoms with E-state index in [9.17, 15) is 0 Å². The normalized spacial score (nSPS) is 8.90. The summed E-state index contributed by atoms with van der Waals surface area (Å²) in [6, 6.07) is 10.8. The molecule has 2 rings (SSSR count). The van der Waals surface area contributed by atoms with Crippen LogP contribution in [0.4, 0.5) is 0 Å². The summed E-state index contributed by atoms with van der Waals surface area (Å²) in [5.41, 5.74) is 9.50. The molecule has 0 atom stereocenters. The molecule has 0 saturated carbocycles. The summed E-state index contributed by atoms with van der Waals surface area (Å²) < 4.78 is 0. The van der Waals surface area contributed by atoms with E-state index < -0.39 is 0 Å². The number of aryl methyl sites for hydroxylation is 2. The maximum absolute atomic E-state index is 6.94. The van der Waals surface area contributed by atoms with Crippen LogP contribution in [0.15, 0.2) is 30.3 Å². The zero-order valence-electron chi connectivity index (χ0n) is 13.9. The zero-order valence-corrected chi connectivity index (χ0v) is 16.4. The molecule has 4 radical (unpaired) electrons. The Bertz CT molecular complexity index is 463. The van der Waals surface area contributed by atoms with E-state index in [1.807, 2.05) is 20.8 Å². The van der Waals surface area contributed by atoms with Crippen molar-refractivity contribution in [2.24, 2.45) is 0 Å². The zero-order chi connectivity index (χ0) is 12.3. The van der Waals surface area contributed by atoms with E-state index in [0.717, 1.165) is 0 Å². The van der Waals surface area contributed by atoms with Gasteiger partial charge in [0, 0.05) is 11.0 Å². The third-order valence-corrected chi connectivity index (χ3v) is 2.33. The Morgan fingerprint density at radius 2 is 1.40 bits per heavy atom. The fourth-order valence-corrected chi connectivity index (χ4v) is 1.52. The number of hydrogen-bond acceptors (Lipinski definition) is 0. The molecule has 3 heteroatoms. The maximum atomic E-state index is 6.94. The van der Waals surface area contributed by atoms with Crippen LogP contribution >= 0.6 is 0 Å². The minimum Gasteiger partial charge on any atom is -0.673 e. The van der Waals surface area contributed by atoms with Crippen LogP contribution in [0.25, 0.3) is 16.5 Å². The van der Waals surface area contributed by atoms with E-state index in [1.165, 1.54) is 21.9 Å². The second-order valence-corrected chi connectivity index (χ2v) is 5.29. The summed E-state index contributed by atoms with van der Waals surface area (Å²) in [6.07, 6.45) is 0. The van der Waals surface area contributed by atoms with Gasteiger partial charge in [0.1, 0.15) is 0 Å². The molecule has 2 aromatic carbocycles. The summed E-state index contributed by atoms with van der Waals surface area (Å²) in [7, 11) is 0. The fraction of sp³-hybridized carbons (Fsp3) is 0.353. The van der Waals surface area contributed by atoms with Crippen LogP contribution in [-0.2, 0) is 21.7 Å². The van der Waals surface area contributed by atoms with Crippen molar-refractivity contribution in [1.82, 2.24) is 0 Å². The van der Waals surface area contributed by atoms with Gasteiger partial charge in [0.25, 0.3) is 0 Å². The molecular formula is C17H27NSiTi. The summed E-state index contributed by atoms with van der Waals surface area (Å²) in [4.78, 5) is 0. The minimum absolute atomic E-state index is 0. The number of benzene rings is 1. The Kier molecular flexibility index (Phi) is 15.9. The van der Waals surface area contributed by atoms with Crippen molar-refractivity contribution in [1.29, 1.82) is 0 Å². The van der Waals surface area contributed by atoms with E-state index in [1.54, 1.807) is 0 Å². The molecule has 0 fully saturated rings. The first-order chi connectivity index (χ1) is 7.29. The van der Waals surface area contributed by atoms with Crippen LogP contribution in [0.5, 0.6) is 0 Å². The number of nitrogens with one attached hydrogen (secondary N) is 1. The van der Waals surface area contributed by atoms with Crippen LogP contribution in [0.1, 0.15) is 31.9 Å². The number of fused-ring (bicyclic) bond motifs is 1. The fourth-order valence-electron chi connectivity index (χ4n) is 1.52. The Labute approximate surface area is 145 Å². The molecule has 0 aliphatic heterocycles. The molecule has 0 bridgehead atoms. The van der Waals surface area contributed by atoms with Gasteiger partial charge in [0.15, 0.2) is 0 Å². The third-order valence-electron chi connectivity index (χ3n) is 2.33. The average molecular weight is 321 g/mol. The van der Waals surface area contributed by atoms with Crippen LogP contribution in [0, 0.1) is 28.7 Å². The largest absolute Gasteiger partial charge is 4.00 e. The summed E-state index contributed by atoms with van der Waals surface area (Å²) in [6.45, 7) is 9.90. The number of hydrogen-bond donors (Lipinski definition) is 0. The van der Waals surface area contributed by atoms with Gasteiger partial charge in [-0.1, -0.05) is 40.7 Å². The van der Waals surface area contributed by atoms with Crippen LogP contribution < -0.4 is 0 Å². The smallest absolute Gasteiger partial charge is 0.673 e. The van der Waals surface area contributed by atoms with E-state index in [4.69, 9.17) is 5.73 Å². The quantitative estimate of drug-likeness (QED) is 0.450. The SMILES string of the molecule is CC(C)(C)[NH-].Cc1[cH-]c2ccccc2c1C.[CH3-].[CH3-].[Si].[Ti+4]. The maximum Gasteiger partial charge on any atom is 4.00 e. The minimum atomic E-state index is -0.250. The van der Waals surface area contributed by atoms with Crippen LogP contribution in [-0.4, -0.2) is 16.5 Å². The van der Waals surface area contributed by atoms with Crippen molar-refractivity contribution < 1.29 is 21.7 Å². The first kappa shape index (κ1) is 28.0. The third kappa shape index (κ3) is 9.60. The average Bonchev–Trinajstić information content (AvgIpc) is 2.41. The molecule has 0 aliphatic carbocycles. The van der Waals surface area contributed by atoms with Crippen molar-refractivity contribution in [3.63, 3.8) is 0 Å². The predicted molar refractivity (Wildman–Crippen MR) is 91.7 cm³/mol. The van der Waals surface area contributed by atoms with Gasteiger partial charge in [-0.2, -0.15) is 5.56 Å². The molecule has 0 aromatic heterocycles. The van der Waals surface area contributed by atoms with E-state index in [-0.39, 0.29) is 53.1 Å². The van der Waals surface area contributed by atoms with Gasteiger partial charge in [-0.15, -0.1) is 46.1 Å². The monoisotopic (exact) mass is 321 g/mol. The number of rotatable bonds is 0. The summed E-state index contributed by atoms with van der Waals surface area (Å²) >= 11 is 0. The van der Waals surface area contributed by atoms with Crippen molar-refractivity contribution in [3.8, 4) is 0 Å². The van der Waals surface area contributed by atoms with Gasteiger partial charge < -0.3 is 20.6 Å². The molecule has 20 heavy (non-hydrogen) atoms. The Morgan fingerprint density at radius 3 is 1.80 bits per heavy atom. The molecule has 108 valence electrons. The van der Waals surface area contributed by atoms with Crippen LogP contribution in [0.2, 0.25) is 0 Å². The first-order valence-electron chi connectivity index (χ1n) is 5.65. The standard InChI is InChI=1S/C11H11.C4H10N.2CH3.Si.Ti/c1-8-7-10-5-3-4-6-11(10)9(8)2;1-4(2,3)5;;;;/h3-7H,1-2H3;5H,1-3H3;2*1H3;;/q4*-1;;+4. The topological polar surface area (TPSA) is 23.8 Å². The van der Waals surface area contributed by atoms with Gasteiger partial charge >= 0.3 is 21.7 Å². The second kappa shape index (κ2) is 11.4. The van der Waals surface area contributed by atoms with Gasteiger partial charge in [-0.05, 0) is 0 Å². The van der Waals surface area contributed by atoms with Crippen LogP contribution in [0.3, 0.4) is 0 Å². The van der Waals surface area contributed by atoms with Crippen molar-refractivity contribution in [3.05, 3.63) is 62.0 Å². The first-order valence-corrected chi connectivity index (χ1v) is 5.65. The summed E-state index contributed by atoms with van der Waals surface area (Å²) in [5.74, 6) is 0. The van der Waals surface area contributed by atoms with Crippen molar-refractivity contribution in [2.75, 3.05) is 0 Å². The van der Waals surface area contributed by atoms with E-state index in [0.29, 0.717) is 0 Å². The molecule has 0 aliphatic rings. The van der Waals surface area contributed by atoms with Gasteiger partial charge in [-0.3, -0.25) is 0 Å². The summed E-state index contributed by atoms with van der Waals surface area (Å²) in [5, 5.41) is 2.76. The molecule has 0 saturated heterocycles. The van der Waals surface area contributed by atoms with Gasteiger partial charge in [-0.25, -0.2) is 0 Å². The molecule has 1 nitrogen and oxygen atoms in total. The van der Waals surface area contributed by atoms with Crippen molar-refractivity contribution in [2.45, 2.75) is 40.2 Å². The van der Waals surface area contributed by atoms with E-state index >= 15 is 0 Å². The van der Waals surface area contributed by atoms with Gasteiger partial charge in [0.2, 0.25) is 0 Å². The molecule has 2 aromatic rings. The Balaban J connectivity index is -0.000000128. The Morgan fingerprint density at radius 1 is 1.00 bits per heavy atom. The predicted octanol–water partition coefficient (Wildman–Crippen LogP) is 5.53. The van der Waals surface area contributed by atoms with E-state index in [2.05, 4.69) is 44.2 Å².